The van der Waals surface area contributed by atoms with Crippen molar-refractivity contribution in [3.05, 3.63) is 23.9 Å². The summed E-state index contributed by atoms with van der Waals surface area (Å²) in [5.74, 6) is 2.10. The molecular formula is C15H24N4O2. The van der Waals surface area contributed by atoms with Crippen LogP contribution in [0.2, 0.25) is 0 Å². The standard InChI is InChI=1S/C15H24N4O2/c1-16-15(19(2)10-13-5-7-21-11-13)18-9-12-4-6-17-14(8-12)20-3/h4,6,8,13H,5,7,9-11H2,1-3H3,(H,16,18). The molecule has 1 aromatic heterocycles. The highest BCUT2D eigenvalue weighted by Gasteiger charge is 2.18. The first-order valence-electron chi connectivity index (χ1n) is 7.21. The molecule has 1 atom stereocenters. The fourth-order valence-corrected chi connectivity index (χ4v) is 2.44. The van der Waals surface area contributed by atoms with Crippen LogP contribution in [0.15, 0.2) is 23.3 Å². The maximum Gasteiger partial charge on any atom is 0.213 e. The van der Waals surface area contributed by atoms with Crippen LogP contribution in [0.5, 0.6) is 5.88 Å². The lowest BCUT2D eigenvalue weighted by molar-refractivity contribution is 0.181. The second-order valence-corrected chi connectivity index (χ2v) is 5.22. The third kappa shape index (κ3) is 4.60. The zero-order chi connectivity index (χ0) is 15.1. The Morgan fingerprint density at radius 3 is 3.14 bits per heavy atom. The lowest BCUT2D eigenvalue weighted by Crippen LogP contribution is -2.41. The normalized spacial score (nSPS) is 18.6. The summed E-state index contributed by atoms with van der Waals surface area (Å²) in [4.78, 5) is 10.6. The van der Waals surface area contributed by atoms with E-state index in [1.165, 1.54) is 0 Å². The molecular weight excluding hydrogens is 268 g/mol. The van der Waals surface area contributed by atoms with E-state index < -0.39 is 0 Å². The first kappa shape index (κ1) is 15.6. The average Bonchev–Trinajstić information content (AvgIpc) is 3.01. The van der Waals surface area contributed by atoms with Crippen molar-refractivity contribution in [2.24, 2.45) is 10.9 Å². The second-order valence-electron chi connectivity index (χ2n) is 5.22. The monoisotopic (exact) mass is 292 g/mol. The van der Waals surface area contributed by atoms with Gasteiger partial charge in [0.1, 0.15) is 0 Å². The van der Waals surface area contributed by atoms with Crippen molar-refractivity contribution in [1.82, 2.24) is 15.2 Å². The molecule has 0 amide bonds. The number of methoxy groups -OCH3 is 1. The molecule has 1 aliphatic rings. The third-order valence-corrected chi connectivity index (χ3v) is 3.59. The lowest BCUT2D eigenvalue weighted by Gasteiger charge is -2.24. The first-order chi connectivity index (χ1) is 10.2. The van der Waals surface area contributed by atoms with E-state index in [9.17, 15) is 0 Å². The molecule has 6 heteroatoms. The highest BCUT2D eigenvalue weighted by atomic mass is 16.5. The topological polar surface area (TPSA) is 59.0 Å². The van der Waals surface area contributed by atoms with Gasteiger partial charge in [-0.2, -0.15) is 0 Å². The minimum atomic E-state index is 0.592. The third-order valence-electron chi connectivity index (χ3n) is 3.59. The van der Waals surface area contributed by atoms with Gasteiger partial charge in [-0.1, -0.05) is 0 Å². The Bertz CT molecular complexity index is 472. The number of pyridine rings is 1. The predicted molar refractivity (Wildman–Crippen MR) is 82.5 cm³/mol. The van der Waals surface area contributed by atoms with Crippen LogP contribution in [0, 0.1) is 5.92 Å². The predicted octanol–water partition coefficient (Wildman–Crippen LogP) is 1.13. The molecule has 0 spiro atoms. The Morgan fingerprint density at radius 2 is 2.48 bits per heavy atom. The van der Waals surface area contributed by atoms with Gasteiger partial charge in [0.2, 0.25) is 5.88 Å². The van der Waals surface area contributed by atoms with E-state index in [1.54, 1.807) is 20.4 Å². The minimum Gasteiger partial charge on any atom is -0.481 e. The van der Waals surface area contributed by atoms with Gasteiger partial charge < -0.3 is 19.7 Å². The molecule has 21 heavy (non-hydrogen) atoms. The molecule has 6 nitrogen and oxygen atoms in total. The molecule has 2 rings (SSSR count). The Hall–Kier alpha value is -1.82. The van der Waals surface area contributed by atoms with Gasteiger partial charge in [-0.25, -0.2) is 4.98 Å². The van der Waals surface area contributed by atoms with Crippen molar-refractivity contribution in [2.75, 3.05) is 41.0 Å². The van der Waals surface area contributed by atoms with Crippen molar-refractivity contribution in [2.45, 2.75) is 13.0 Å². The summed E-state index contributed by atoms with van der Waals surface area (Å²) in [6, 6.07) is 3.89. The summed E-state index contributed by atoms with van der Waals surface area (Å²) in [6.45, 7) is 3.38. The number of nitrogens with zero attached hydrogens (tertiary/aromatic N) is 3. The first-order valence-corrected chi connectivity index (χ1v) is 7.21. The van der Waals surface area contributed by atoms with Crippen LogP contribution >= 0.6 is 0 Å². The number of nitrogens with one attached hydrogen (secondary N) is 1. The number of hydrogen-bond acceptors (Lipinski definition) is 4. The summed E-state index contributed by atoms with van der Waals surface area (Å²) < 4.78 is 10.5. The SMILES string of the molecule is CN=C(NCc1ccnc(OC)c1)N(C)CC1CCOC1. The van der Waals surface area contributed by atoms with E-state index in [-0.39, 0.29) is 0 Å². The summed E-state index contributed by atoms with van der Waals surface area (Å²) in [5, 5.41) is 3.36. The molecule has 0 aliphatic carbocycles. The maximum absolute atomic E-state index is 5.42. The van der Waals surface area contributed by atoms with E-state index in [0.29, 0.717) is 18.3 Å². The molecule has 1 aromatic rings. The van der Waals surface area contributed by atoms with Crippen LogP contribution in [-0.4, -0.2) is 56.8 Å². The van der Waals surface area contributed by atoms with Crippen molar-refractivity contribution >= 4 is 5.96 Å². The molecule has 1 fully saturated rings. The highest BCUT2D eigenvalue weighted by molar-refractivity contribution is 5.79. The van der Waals surface area contributed by atoms with Gasteiger partial charge >= 0.3 is 0 Å². The number of hydrogen-bond donors (Lipinski definition) is 1. The molecule has 1 N–H and O–H groups in total. The largest absolute Gasteiger partial charge is 0.481 e. The van der Waals surface area contributed by atoms with Crippen LogP contribution in [0.25, 0.3) is 0 Å². The number of aromatic nitrogens is 1. The highest BCUT2D eigenvalue weighted by Crippen LogP contribution is 2.13. The quantitative estimate of drug-likeness (QED) is 0.651. The fraction of sp³-hybridized carbons (Fsp3) is 0.600. The second kappa shape index (κ2) is 7.83. The van der Waals surface area contributed by atoms with Crippen LogP contribution < -0.4 is 10.1 Å². The van der Waals surface area contributed by atoms with Crippen molar-refractivity contribution in [3.63, 3.8) is 0 Å². The Balaban J connectivity index is 1.86. The van der Waals surface area contributed by atoms with E-state index in [4.69, 9.17) is 9.47 Å². The van der Waals surface area contributed by atoms with Crippen LogP contribution in [0.3, 0.4) is 0 Å². The number of aliphatic imine (C=N–C) groups is 1. The molecule has 0 radical (unpaired) electrons. The summed E-state index contributed by atoms with van der Waals surface area (Å²) in [7, 11) is 5.48. The van der Waals surface area contributed by atoms with Crippen LogP contribution in [0.4, 0.5) is 0 Å². The van der Waals surface area contributed by atoms with Crippen molar-refractivity contribution in [3.8, 4) is 5.88 Å². The zero-order valence-electron chi connectivity index (χ0n) is 13.0. The number of rotatable bonds is 5. The van der Waals surface area contributed by atoms with E-state index in [2.05, 4.69) is 27.2 Å². The van der Waals surface area contributed by atoms with Gasteiger partial charge in [-0.05, 0) is 18.1 Å². The molecule has 116 valence electrons. The Kier molecular flexibility index (Phi) is 5.80. The fourth-order valence-electron chi connectivity index (χ4n) is 2.44. The lowest BCUT2D eigenvalue weighted by atomic mass is 10.1. The number of guanidine groups is 1. The average molecular weight is 292 g/mol. The smallest absolute Gasteiger partial charge is 0.213 e. The van der Waals surface area contributed by atoms with Crippen molar-refractivity contribution in [1.29, 1.82) is 0 Å². The van der Waals surface area contributed by atoms with Gasteiger partial charge in [0.25, 0.3) is 0 Å². The summed E-state index contributed by atoms with van der Waals surface area (Å²) >= 11 is 0. The van der Waals surface area contributed by atoms with Gasteiger partial charge in [-0.15, -0.1) is 0 Å². The minimum absolute atomic E-state index is 0.592. The molecule has 2 heterocycles. The molecule has 0 saturated carbocycles. The van der Waals surface area contributed by atoms with Crippen LogP contribution in [0.1, 0.15) is 12.0 Å². The van der Waals surface area contributed by atoms with Gasteiger partial charge in [0, 0.05) is 52.0 Å². The summed E-state index contributed by atoms with van der Waals surface area (Å²) in [6.07, 6.45) is 2.88. The van der Waals surface area contributed by atoms with Crippen LogP contribution in [-0.2, 0) is 11.3 Å². The maximum atomic E-state index is 5.42. The van der Waals surface area contributed by atoms with Gasteiger partial charge in [-0.3, -0.25) is 4.99 Å². The number of ether oxygens (including phenoxy) is 2. The van der Waals surface area contributed by atoms with E-state index in [0.717, 1.165) is 37.7 Å². The Morgan fingerprint density at radius 1 is 1.62 bits per heavy atom. The molecule has 1 saturated heterocycles. The van der Waals surface area contributed by atoms with E-state index in [1.807, 2.05) is 12.1 Å². The Labute approximate surface area is 126 Å². The molecule has 0 bridgehead atoms. The molecule has 0 aromatic carbocycles. The summed E-state index contributed by atoms with van der Waals surface area (Å²) in [5.41, 5.74) is 1.11. The van der Waals surface area contributed by atoms with Gasteiger partial charge in [0.05, 0.1) is 13.7 Å². The van der Waals surface area contributed by atoms with E-state index >= 15 is 0 Å². The van der Waals surface area contributed by atoms with Gasteiger partial charge in [0.15, 0.2) is 5.96 Å². The molecule has 1 aliphatic heterocycles. The van der Waals surface area contributed by atoms with Crippen molar-refractivity contribution < 1.29 is 9.47 Å². The molecule has 1 unspecified atom stereocenters. The zero-order valence-corrected chi connectivity index (χ0v) is 13.0.